The maximum Gasteiger partial charge on any atom is 0.284 e. The lowest BCUT2D eigenvalue weighted by atomic mass is 10.2. The molecule has 14 nitrogen and oxygen atoms in total. The minimum Gasteiger partial charge on any atom is -0.329 e. The molecular formula is C38H38ClN13O+2. The van der Waals surface area contributed by atoms with Crippen LogP contribution in [-0.2, 0) is 4.79 Å². The molecule has 2 aliphatic carbocycles. The number of nitrogens with one attached hydrogen (secondary N) is 5. The molecule has 2 radical (unpaired) electrons. The van der Waals surface area contributed by atoms with Crippen LogP contribution in [0.4, 0.5) is 28.7 Å². The van der Waals surface area contributed by atoms with Gasteiger partial charge in [0.1, 0.15) is 13.1 Å². The van der Waals surface area contributed by atoms with Gasteiger partial charge in [-0.2, -0.15) is 20.2 Å². The van der Waals surface area contributed by atoms with Crippen molar-refractivity contribution in [2.24, 2.45) is 9.98 Å². The fourth-order valence-corrected chi connectivity index (χ4v) is 6.80. The van der Waals surface area contributed by atoms with E-state index in [0.29, 0.717) is 29.9 Å². The molecule has 266 valence electrons. The van der Waals surface area contributed by atoms with Crippen molar-refractivity contribution in [3.05, 3.63) is 126 Å². The van der Waals surface area contributed by atoms with E-state index in [9.17, 15) is 4.79 Å². The average molecular weight is 728 g/mol. The van der Waals surface area contributed by atoms with Crippen molar-refractivity contribution >= 4 is 57.9 Å². The van der Waals surface area contributed by atoms with Gasteiger partial charge in [-0.1, -0.05) is 23.7 Å². The van der Waals surface area contributed by atoms with Gasteiger partial charge in [-0.15, -0.1) is 0 Å². The van der Waals surface area contributed by atoms with Gasteiger partial charge < -0.3 is 15.1 Å². The first-order chi connectivity index (χ1) is 25.9. The zero-order valence-electron chi connectivity index (χ0n) is 29.0. The number of nitrogens with zero attached hydrogens (tertiary/aromatic N) is 8. The van der Waals surface area contributed by atoms with Crippen LogP contribution >= 0.6 is 11.6 Å². The summed E-state index contributed by atoms with van der Waals surface area (Å²) in [5.41, 5.74) is 5.14. The number of H-pyrrole nitrogens is 2. The first kappa shape index (κ1) is 32.9. The van der Waals surface area contributed by atoms with Crippen molar-refractivity contribution in [1.82, 2.24) is 30.2 Å². The molecule has 2 aromatic heterocycles. The lowest BCUT2D eigenvalue weighted by molar-refractivity contribution is -0.114. The number of amides is 1. The summed E-state index contributed by atoms with van der Waals surface area (Å²) in [7, 11) is 0. The Morgan fingerprint density at radius 3 is 1.87 bits per heavy atom. The van der Waals surface area contributed by atoms with Gasteiger partial charge in [0.25, 0.3) is 23.3 Å². The monoisotopic (exact) mass is 727 g/mol. The highest BCUT2D eigenvalue weighted by atomic mass is 35.5. The minimum atomic E-state index is -0.0799. The number of aromatic amines is 2. The van der Waals surface area contributed by atoms with Gasteiger partial charge >= 0.3 is 0 Å². The molecule has 2 saturated carbocycles. The molecule has 6 heterocycles. The van der Waals surface area contributed by atoms with Crippen LogP contribution < -0.4 is 35.6 Å². The van der Waals surface area contributed by atoms with Gasteiger partial charge in [0.15, 0.2) is 24.0 Å². The Hall–Kier alpha value is -5.96. The smallest absolute Gasteiger partial charge is 0.284 e. The van der Waals surface area contributed by atoms with Crippen molar-refractivity contribution in [2.75, 3.05) is 38.8 Å². The number of rotatable bonds is 9. The van der Waals surface area contributed by atoms with E-state index in [1.807, 2.05) is 83.1 Å². The molecule has 1 amide bonds. The molecule has 5 N–H and O–H groups in total. The molecule has 4 aromatic rings. The topological polar surface area (TPSA) is 154 Å². The third kappa shape index (κ3) is 7.24. The Morgan fingerprint density at radius 1 is 0.774 bits per heavy atom. The standard InChI is InChI=1S/C20H21N7O.C18H17ClN6/c1-13(28)22-15-4-6-16(7-5-15)26-11-19-21-8-9-27(19)20(12-26)23-18-10-17(24-25-18)14-2-3-14;19-13-3-1-2-4-15(13)24-10-17-20-7-8-25(17)18(11-24)21-16-9-14(22-23-16)12-5-6-12/h4-10,12,14H,2-3,11H2,1H3,(H,22,28)(H2,23,24,25);1-4,7-9,11-12H,5-6,10H2,(H2,21,22,23)/q2*+1. The second-order valence-electron chi connectivity index (χ2n) is 13.6. The lowest BCUT2D eigenvalue weighted by Crippen LogP contribution is -2.45. The summed E-state index contributed by atoms with van der Waals surface area (Å²) >= 11 is 6.38. The first-order valence-corrected chi connectivity index (χ1v) is 18.1. The average Bonchev–Trinajstić information content (AvgIpc) is 3.93. The second kappa shape index (κ2) is 13.9. The minimum absolute atomic E-state index is 0.0799. The molecule has 0 spiro atoms. The van der Waals surface area contributed by atoms with E-state index in [1.165, 1.54) is 44.0 Å². The van der Waals surface area contributed by atoms with E-state index in [-0.39, 0.29) is 5.91 Å². The Morgan fingerprint density at radius 2 is 1.32 bits per heavy atom. The number of aromatic nitrogens is 4. The highest BCUT2D eigenvalue weighted by molar-refractivity contribution is 6.33. The fraction of sp³-hybridized carbons (Fsp3) is 0.237. The summed E-state index contributed by atoms with van der Waals surface area (Å²) < 4.78 is 0. The summed E-state index contributed by atoms with van der Waals surface area (Å²) in [4.78, 5) is 28.5. The molecule has 0 bridgehead atoms. The van der Waals surface area contributed by atoms with Crippen LogP contribution in [0.15, 0.2) is 119 Å². The maximum atomic E-state index is 11.2. The Labute approximate surface area is 311 Å². The molecule has 0 atom stereocenters. The molecule has 2 aromatic carbocycles. The van der Waals surface area contributed by atoms with Gasteiger partial charge in [-0.25, -0.2) is 0 Å². The summed E-state index contributed by atoms with van der Waals surface area (Å²) in [6.07, 6.45) is 16.6. The van der Waals surface area contributed by atoms with Gasteiger partial charge in [0, 0.05) is 53.7 Å². The number of carbonyl (C=O) groups excluding carboxylic acids is 1. The Bertz CT molecular complexity index is 2220. The Kier molecular flexibility index (Phi) is 8.62. The van der Waals surface area contributed by atoms with Crippen LogP contribution in [0.2, 0.25) is 5.02 Å². The number of benzene rings is 2. The van der Waals surface area contributed by atoms with Crippen LogP contribution in [-0.4, -0.2) is 51.1 Å². The maximum absolute atomic E-state index is 11.2. The summed E-state index contributed by atoms with van der Waals surface area (Å²) in [5.74, 6) is 6.48. The number of para-hydroxylation sites is 1. The van der Waals surface area contributed by atoms with Crippen LogP contribution in [0.5, 0.6) is 0 Å². The number of anilines is 5. The fourth-order valence-electron chi connectivity index (χ4n) is 6.56. The quantitative estimate of drug-likeness (QED) is 0.120. The zero-order valence-corrected chi connectivity index (χ0v) is 29.8. The number of fused-ring (bicyclic) bond motifs is 2. The lowest BCUT2D eigenvalue weighted by Gasteiger charge is -2.25. The van der Waals surface area contributed by atoms with Crippen molar-refractivity contribution in [1.29, 1.82) is 0 Å². The van der Waals surface area contributed by atoms with E-state index >= 15 is 0 Å². The highest BCUT2D eigenvalue weighted by Crippen LogP contribution is 2.40. The van der Waals surface area contributed by atoms with Crippen LogP contribution in [0.25, 0.3) is 0 Å². The summed E-state index contributed by atoms with van der Waals surface area (Å²) in [5, 5.41) is 25.4. The third-order valence-corrected chi connectivity index (χ3v) is 9.88. The molecule has 15 heteroatoms. The van der Waals surface area contributed by atoms with Gasteiger partial charge in [0.05, 0.1) is 35.5 Å². The normalized spacial score (nSPS) is 19.1. The molecule has 6 aliphatic rings. The zero-order chi connectivity index (χ0) is 35.9. The van der Waals surface area contributed by atoms with Crippen molar-refractivity contribution in [2.45, 2.75) is 44.4 Å². The van der Waals surface area contributed by atoms with Crippen LogP contribution in [0.3, 0.4) is 0 Å². The second-order valence-corrected chi connectivity index (χ2v) is 14.0. The molecule has 4 aliphatic heterocycles. The third-order valence-electron chi connectivity index (χ3n) is 9.56. The molecular weight excluding hydrogens is 690 g/mol. The van der Waals surface area contributed by atoms with Gasteiger partial charge in [0.2, 0.25) is 5.91 Å². The van der Waals surface area contributed by atoms with E-state index in [4.69, 9.17) is 11.6 Å². The predicted octanol–water partition coefficient (Wildman–Crippen LogP) is 6.69. The molecule has 53 heavy (non-hydrogen) atoms. The van der Waals surface area contributed by atoms with Gasteiger partial charge in [-0.05, 0) is 71.9 Å². The molecule has 0 unspecified atom stereocenters. The predicted molar refractivity (Wildman–Crippen MR) is 209 cm³/mol. The number of aliphatic imine (C=N–C) groups is 2. The van der Waals surface area contributed by atoms with Crippen molar-refractivity contribution in [3.8, 4) is 0 Å². The van der Waals surface area contributed by atoms with E-state index in [0.717, 1.165) is 52.0 Å². The van der Waals surface area contributed by atoms with Gasteiger partial charge in [-0.3, -0.25) is 25.6 Å². The molecule has 10 rings (SSSR count). The number of amidine groups is 2. The van der Waals surface area contributed by atoms with Crippen molar-refractivity contribution < 1.29 is 4.79 Å². The van der Waals surface area contributed by atoms with E-state index in [2.05, 4.69) is 68.3 Å². The number of hydrogen-bond donors (Lipinski definition) is 5. The summed E-state index contributed by atoms with van der Waals surface area (Å²) in [6, 6.07) is 19.8. The molecule has 0 saturated heterocycles. The van der Waals surface area contributed by atoms with E-state index < -0.39 is 0 Å². The summed E-state index contributed by atoms with van der Waals surface area (Å²) in [6.45, 7) is 2.82. The highest BCUT2D eigenvalue weighted by Gasteiger charge is 2.39. The van der Waals surface area contributed by atoms with Crippen LogP contribution in [0, 0.1) is 0 Å². The number of carbonyl (C=O) groups is 1. The largest absolute Gasteiger partial charge is 0.329 e. The van der Waals surface area contributed by atoms with E-state index in [1.54, 1.807) is 12.4 Å². The number of hydrogen-bond acceptors (Lipinski definition) is 11. The SMILES string of the molecule is CC(=O)Nc1ccc(N2C=C(Nc3cc(C4CC4)[nH]n3)[N+]3C=CN=C3C2)cc1.Clc1ccccc1N1C=C(Nc2cc(C3CC3)[nH]n2)[N+]2C=CN=C2C1. The molecule has 2 fully saturated rings. The number of halogens is 1. The first-order valence-electron chi connectivity index (χ1n) is 17.7. The van der Waals surface area contributed by atoms with Crippen LogP contribution in [0.1, 0.15) is 55.8 Å². The van der Waals surface area contributed by atoms with Crippen molar-refractivity contribution in [3.63, 3.8) is 0 Å². The Balaban J connectivity index is 0.000000141.